The van der Waals surface area contributed by atoms with Crippen LogP contribution in [0.2, 0.25) is 0 Å². The SMILES string of the molecule is CC(C)(C)Nc1ccc(CN)cn1. The number of nitrogens with zero attached hydrogens (tertiary/aromatic N) is 1. The first kappa shape index (κ1) is 9.99. The second-order valence-electron chi connectivity index (χ2n) is 4.13. The number of pyridine rings is 1. The maximum Gasteiger partial charge on any atom is 0.126 e. The van der Waals surface area contributed by atoms with Gasteiger partial charge in [-0.2, -0.15) is 0 Å². The summed E-state index contributed by atoms with van der Waals surface area (Å²) in [6, 6.07) is 3.94. The first-order chi connectivity index (χ1) is 6.01. The van der Waals surface area contributed by atoms with Crippen LogP contribution < -0.4 is 11.1 Å². The molecule has 0 aliphatic carbocycles. The molecule has 1 aromatic rings. The van der Waals surface area contributed by atoms with Crippen LogP contribution in [0.4, 0.5) is 5.82 Å². The molecule has 1 heterocycles. The minimum absolute atomic E-state index is 0.0528. The number of hydrogen-bond donors (Lipinski definition) is 2. The van der Waals surface area contributed by atoms with Crippen LogP contribution in [0.5, 0.6) is 0 Å². The van der Waals surface area contributed by atoms with E-state index in [-0.39, 0.29) is 5.54 Å². The Kier molecular flexibility index (Phi) is 2.88. The van der Waals surface area contributed by atoms with Gasteiger partial charge in [0.25, 0.3) is 0 Å². The molecule has 1 aromatic heterocycles. The molecule has 1 rings (SSSR count). The van der Waals surface area contributed by atoms with Gasteiger partial charge >= 0.3 is 0 Å². The number of rotatable bonds is 2. The Morgan fingerprint density at radius 1 is 1.38 bits per heavy atom. The first-order valence-electron chi connectivity index (χ1n) is 4.44. The molecule has 0 fully saturated rings. The second kappa shape index (κ2) is 3.75. The molecule has 0 aromatic carbocycles. The Hall–Kier alpha value is -1.09. The van der Waals surface area contributed by atoms with Crippen LogP contribution in [-0.2, 0) is 6.54 Å². The third-order valence-corrected chi connectivity index (χ3v) is 1.56. The predicted octanol–water partition coefficient (Wildman–Crippen LogP) is 1.75. The molecule has 72 valence electrons. The van der Waals surface area contributed by atoms with Gasteiger partial charge < -0.3 is 11.1 Å². The highest BCUT2D eigenvalue weighted by molar-refractivity contribution is 5.37. The Bertz CT molecular complexity index is 258. The minimum Gasteiger partial charge on any atom is -0.365 e. The summed E-state index contributed by atoms with van der Waals surface area (Å²) in [5.41, 5.74) is 6.57. The Morgan fingerprint density at radius 2 is 2.08 bits per heavy atom. The molecule has 0 aliphatic heterocycles. The van der Waals surface area contributed by atoms with Crippen LogP contribution in [0, 0.1) is 0 Å². The lowest BCUT2D eigenvalue weighted by Crippen LogP contribution is -2.26. The molecule has 3 nitrogen and oxygen atoms in total. The van der Waals surface area contributed by atoms with Gasteiger partial charge in [-0.05, 0) is 32.4 Å². The topological polar surface area (TPSA) is 50.9 Å². The van der Waals surface area contributed by atoms with E-state index in [4.69, 9.17) is 5.73 Å². The van der Waals surface area contributed by atoms with E-state index in [0.29, 0.717) is 6.54 Å². The monoisotopic (exact) mass is 179 g/mol. The van der Waals surface area contributed by atoms with Gasteiger partial charge in [-0.1, -0.05) is 6.07 Å². The third-order valence-electron chi connectivity index (χ3n) is 1.56. The largest absolute Gasteiger partial charge is 0.365 e. The molecule has 0 unspecified atom stereocenters. The number of aromatic nitrogens is 1. The average Bonchev–Trinajstić information content (AvgIpc) is 2.03. The van der Waals surface area contributed by atoms with Crippen molar-refractivity contribution >= 4 is 5.82 Å². The molecular formula is C10H17N3. The van der Waals surface area contributed by atoms with E-state index in [1.54, 1.807) is 6.20 Å². The fourth-order valence-corrected chi connectivity index (χ4v) is 1.00. The molecule has 0 bridgehead atoms. The van der Waals surface area contributed by atoms with Gasteiger partial charge in [0.15, 0.2) is 0 Å². The maximum atomic E-state index is 5.47. The summed E-state index contributed by atoms with van der Waals surface area (Å²) >= 11 is 0. The Morgan fingerprint density at radius 3 is 2.46 bits per heavy atom. The Balaban J connectivity index is 2.70. The summed E-state index contributed by atoms with van der Waals surface area (Å²) in [4.78, 5) is 4.24. The Labute approximate surface area is 79.4 Å². The lowest BCUT2D eigenvalue weighted by molar-refractivity contribution is 0.630. The number of nitrogens with one attached hydrogen (secondary N) is 1. The van der Waals surface area contributed by atoms with Crippen LogP contribution in [0.25, 0.3) is 0 Å². The zero-order valence-electron chi connectivity index (χ0n) is 8.46. The lowest BCUT2D eigenvalue weighted by Gasteiger charge is -2.21. The highest BCUT2D eigenvalue weighted by Crippen LogP contribution is 2.11. The van der Waals surface area contributed by atoms with E-state index in [1.807, 2.05) is 12.1 Å². The van der Waals surface area contributed by atoms with Crippen molar-refractivity contribution in [1.29, 1.82) is 0 Å². The van der Waals surface area contributed by atoms with Crippen molar-refractivity contribution in [3.8, 4) is 0 Å². The van der Waals surface area contributed by atoms with Crippen molar-refractivity contribution < 1.29 is 0 Å². The van der Waals surface area contributed by atoms with Gasteiger partial charge in [-0.15, -0.1) is 0 Å². The number of hydrogen-bond acceptors (Lipinski definition) is 3. The zero-order valence-corrected chi connectivity index (χ0v) is 8.46. The minimum atomic E-state index is 0.0528. The molecule has 3 heteroatoms. The standard InChI is InChI=1S/C10H17N3/c1-10(2,3)13-9-5-4-8(6-11)7-12-9/h4-5,7H,6,11H2,1-3H3,(H,12,13). The van der Waals surface area contributed by atoms with Gasteiger partial charge in [0.2, 0.25) is 0 Å². The quantitative estimate of drug-likeness (QED) is 0.727. The molecule has 0 radical (unpaired) electrons. The summed E-state index contributed by atoms with van der Waals surface area (Å²) in [6.45, 7) is 6.85. The third kappa shape index (κ3) is 3.42. The fraction of sp³-hybridized carbons (Fsp3) is 0.500. The van der Waals surface area contributed by atoms with E-state index in [9.17, 15) is 0 Å². The van der Waals surface area contributed by atoms with Crippen LogP contribution >= 0.6 is 0 Å². The van der Waals surface area contributed by atoms with Crippen molar-refractivity contribution in [2.24, 2.45) is 5.73 Å². The summed E-state index contributed by atoms with van der Waals surface area (Å²) in [5.74, 6) is 0.893. The van der Waals surface area contributed by atoms with Crippen LogP contribution in [0.1, 0.15) is 26.3 Å². The van der Waals surface area contributed by atoms with Crippen molar-refractivity contribution in [3.63, 3.8) is 0 Å². The van der Waals surface area contributed by atoms with Crippen molar-refractivity contribution in [3.05, 3.63) is 23.9 Å². The molecule has 0 saturated heterocycles. The average molecular weight is 179 g/mol. The van der Waals surface area contributed by atoms with E-state index in [0.717, 1.165) is 11.4 Å². The van der Waals surface area contributed by atoms with Crippen LogP contribution in [0.15, 0.2) is 18.3 Å². The molecular weight excluding hydrogens is 162 g/mol. The molecule has 3 N–H and O–H groups in total. The van der Waals surface area contributed by atoms with Crippen LogP contribution in [0.3, 0.4) is 0 Å². The van der Waals surface area contributed by atoms with Gasteiger partial charge in [-0.3, -0.25) is 0 Å². The first-order valence-corrected chi connectivity index (χ1v) is 4.44. The van der Waals surface area contributed by atoms with Crippen molar-refractivity contribution in [1.82, 2.24) is 4.98 Å². The van der Waals surface area contributed by atoms with E-state index in [1.165, 1.54) is 0 Å². The summed E-state index contributed by atoms with van der Waals surface area (Å²) in [6.07, 6.45) is 1.80. The predicted molar refractivity (Wildman–Crippen MR) is 55.5 cm³/mol. The molecule has 0 aliphatic rings. The van der Waals surface area contributed by atoms with Crippen LogP contribution in [-0.4, -0.2) is 10.5 Å². The van der Waals surface area contributed by atoms with E-state index in [2.05, 4.69) is 31.1 Å². The number of anilines is 1. The molecule has 0 spiro atoms. The highest BCUT2D eigenvalue weighted by atomic mass is 15.0. The zero-order chi connectivity index (χ0) is 9.90. The number of nitrogens with two attached hydrogens (primary N) is 1. The second-order valence-corrected chi connectivity index (χ2v) is 4.13. The molecule has 0 amide bonds. The van der Waals surface area contributed by atoms with E-state index < -0.39 is 0 Å². The molecule has 13 heavy (non-hydrogen) atoms. The summed E-state index contributed by atoms with van der Waals surface area (Å²) in [7, 11) is 0. The normalized spacial score (nSPS) is 11.4. The van der Waals surface area contributed by atoms with Crippen molar-refractivity contribution in [2.45, 2.75) is 32.9 Å². The summed E-state index contributed by atoms with van der Waals surface area (Å²) < 4.78 is 0. The lowest BCUT2D eigenvalue weighted by atomic mass is 10.1. The molecule has 0 atom stereocenters. The highest BCUT2D eigenvalue weighted by Gasteiger charge is 2.09. The van der Waals surface area contributed by atoms with Gasteiger partial charge in [-0.25, -0.2) is 4.98 Å². The van der Waals surface area contributed by atoms with Gasteiger partial charge in [0, 0.05) is 18.3 Å². The summed E-state index contributed by atoms with van der Waals surface area (Å²) in [5, 5.41) is 3.28. The smallest absolute Gasteiger partial charge is 0.126 e. The van der Waals surface area contributed by atoms with Crippen molar-refractivity contribution in [2.75, 3.05) is 5.32 Å². The van der Waals surface area contributed by atoms with E-state index >= 15 is 0 Å². The van der Waals surface area contributed by atoms with Gasteiger partial charge in [0.1, 0.15) is 5.82 Å². The molecule has 0 saturated carbocycles. The maximum absolute atomic E-state index is 5.47. The fourth-order valence-electron chi connectivity index (χ4n) is 1.00. The van der Waals surface area contributed by atoms with Gasteiger partial charge in [0.05, 0.1) is 0 Å².